The standard InChI is InChI=1S/C15H21ClN2OS/c1-17-10-3-5-11(6-4-10)18-15(19)13-9-12(20-2)7-8-14(13)16/h7-11,17H,3-6H2,1-2H3,(H,18,19). The molecule has 0 spiro atoms. The van der Waals surface area contributed by atoms with Gasteiger partial charge in [0.15, 0.2) is 0 Å². The summed E-state index contributed by atoms with van der Waals surface area (Å²) in [5, 5.41) is 6.93. The van der Waals surface area contributed by atoms with Crippen LogP contribution in [0.15, 0.2) is 23.1 Å². The Kier molecular flexibility index (Phi) is 5.75. The van der Waals surface area contributed by atoms with Crippen LogP contribution in [0.3, 0.4) is 0 Å². The molecule has 0 saturated heterocycles. The Balaban J connectivity index is 1.98. The zero-order valence-corrected chi connectivity index (χ0v) is 13.5. The summed E-state index contributed by atoms with van der Waals surface area (Å²) in [5.74, 6) is -0.0567. The van der Waals surface area contributed by atoms with Crippen molar-refractivity contribution in [3.05, 3.63) is 28.8 Å². The van der Waals surface area contributed by atoms with Crippen LogP contribution in [0.4, 0.5) is 0 Å². The number of carbonyl (C=O) groups excluding carboxylic acids is 1. The van der Waals surface area contributed by atoms with E-state index in [9.17, 15) is 4.79 Å². The molecular formula is C15H21ClN2OS. The first-order chi connectivity index (χ1) is 9.63. The number of halogens is 1. The lowest BCUT2D eigenvalue weighted by Gasteiger charge is -2.28. The van der Waals surface area contributed by atoms with Gasteiger partial charge in [-0.2, -0.15) is 0 Å². The van der Waals surface area contributed by atoms with E-state index < -0.39 is 0 Å². The average Bonchev–Trinajstić information content (AvgIpc) is 2.48. The van der Waals surface area contributed by atoms with Crippen molar-refractivity contribution in [1.29, 1.82) is 0 Å². The van der Waals surface area contributed by atoms with E-state index in [1.807, 2.05) is 25.4 Å². The summed E-state index contributed by atoms with van der Waals surface area (Å²) in [5.41, 5.74) is 0.578. The van der Waals surface area contributed by atoms with Crippen LogP contribution < -0.4 is 10.6 Å². The molecule has 1 aromatic carbocycles. The normalized spacial score (nSPS) is 22.6. The first kappa shape index (κ1) is 15.7. The van der Waals surface area contributed by atoms with E-state index in [0.29, 0.717) is 16.6 Å². The van der Waals surface area contributed by atoms with Crippen molar-refractivity contribution in [2.45, 2.75) is 42.7 Å². The Morgan fingerprint density at radius 3 is 2.50 bits per heavy atom. The molecule has 2 N–H and O–H groups in total. The quantitative estimate of drug-likeness (QED) is 0.838. The summed E-state index contributed by atoms with van der Waals surface area (Å²) in [7, 11) is 2.00. The lowest BCUT2D eigenvalue weighted by atomic mass is 9.91. The Morgan fingerprint density at radius 1 is 1.25 bits per heavy atom. The van der Waals surface area contributed by atoms with Gasteiger partial charge in [0.1, 0.15) is 0 Å². The van der Waals surface area contributed by atoms with Crippen LogP contribution in [0.2, 0.25) is 5.02 Å². The summed E-state index contributed by atoms with van der Waals surface area (Å²) in [6.45, 7) is 0. The summed E-state index contributed by atoms with van der Waals surface area (Å²) >= 11 is 7.74. The number of benzene rings is 1. The summed E-state index contributed by atoms with van der Waals surface area (Å²) in [6.07, 6.45) is 6.26. The average molecular weight is 313 g/mol. The van der Waals surface area contributed by atoms with Crippen molar-refractivity contribution in [3.63, 3.8) is 0 Å². The molecule has 110 valence electrons. The van der Waals surface area contributed by atoms with E-state index in [-0.39, 0.29) is 11.9 Å². The number of rotatable bonds is 4. The molecule has 1 aliphatic rings. The molecular weight excluding hydrogens is 292 g/mol. The van der Waals surface area contributed by atoms with Crippen molar-refractivity contribution < 1.29 is 4.79 Å². The maximum Gasteiger partial charge on any atom is 0.253 e. The van der Waals surface area contributed by atoms with Crippen molar-refractivity contribution in [2.24, 2.45) is 0 Å². The minimum absolute atomic E-state index is 0.0567. The van der Waals surface area contributed by atoms with Crippen LogP contribution in [0, 0.1) is 0 Å². The molecule has 0 heterocycles. The van der Waals surface area contributed by atoms with E-state index in [1.54, 1.807) is 17.8 Å². The van der Waals surface area contributed by atoms with Crippen LogP contribution in [-0.4, -0.2) is 31.3 Å². The number of carbonyl (C=O) groups is 1. The zero-order chi connectivity index (χ0) is 14.5. The van der Waals surface area contributed by atoms with Crippen molar-refractivity contribution in [3.8, 4) is 0 Å². The fraction of sp³-hybridized carbons (Fsp3) is 0.533. The fourth-order valence-electron chi connectivity index (χ4n) is 2.59. The van der Waals surface area contributed by atoms with Crippen molar-refractivity contribution in [2.75, 3.05) is 13.3 Å². The number of thioether (sulfide) groups is 1. The number of hydrogen-bond acceptors (Lipinski definition) is 3. The molecule has 0 bridgehead atoms. The van der Waals surface area contributed by atoms with Crippen LogP contribution in [0.1, 0.15) is 36.0 Å². The van der Waals surface area contributed by atoms with Gasteiger partial charge in [0.2, 0.25) is 0 Å². The first-order valence-electron chi connectivity index (χ1n) is 6.95. The highest BCUT2D eigenvalue weighted by Crippen LogP contribution is 2.24. The van der Waals surface area contributed by atoms with E-state index in [1.165, 1.54) is 0 Å². The molecule has 1 fully saturated rings. The molecule has 1 saturated carbocycles. The van der Waals surface area contributed by atoms with Gasteiger partial charge in [-0.1, -0.05) is 11.6 Å². The molecule has 0 unspecified atom stereocenters. The summed E-state index contributed by atoms with van der Waals surface area (Å²) < 4.78 is 0. The molecule has 0 radical (unpaired) electrons. The number of nitrogens with one attached hydrogen (secondary N) is 2. The molecule has 20 heavy (non-hydrogen) atoms. The van der Waals surface area contributed by atoms with Gasteiger partial charge < -0.3 is 10.6 Å². The molecule has 5 heteroatoms. The minimum atomic E-state index is -0.0567. The minimum Gasteiger partial charge on any atom is -0.349 e. The molecule has 1 aliphatic carbocycles. The van der Waals surface area contributed by atoms with Crippen molar-refractivity contribution >= 4 is 29.3 Å². The summed E-state index contributed by atoms with van der Waals surface area (Å²) in [4.78, 5) is 13.4. The maximum atomic E-state index is 12.3. The van der Waals surface area contributed by atoms with Gasteiger partial charge in [0.25, 0.3) is 5.91 Å². The molecule has 1 aromatic rings. The van der Waals surface area contributed by atoms with Gasteiger partial charge in [0.05, 0.1) is 10.6 Å². The van der Waals surface area contributed by atoms with Crippen LogP contribution in [0.25, 0.3) is 0 Å². The smallest absolute Gasteiger partial charge is 0.253 e. The van der Waals surface area contributed by atoms with Gasteiger partial charge in [0, 0.05) is 17.0 Å². The Hall–Kier alpha value is -0.710. The second kappa shape index (κ2) is 7.34. The maximum absolute atomic E-state index is 12.3. The highest BCUT2D eigenvalue weighted by atomic mass is 35.5. The molecule has 0 atom stereocenters. The SMILES string of the molecule is CNC1CCC(NC(=O)c2cc(SC)ccc2Cl)CC1. The lowest BCUT2D eigenvalue weighted by Crippen LogP contribution is -2.41. The predicted octanol–water partition coefficient (Wildman–Crippen LogP) is 3.32. The van der Waals surface area contributed by atoms with E-state index in [2.05, 4.69) is 10.6 Å². The van der Waals surface area contributed by atoms with Gasteiger partial charge in [-0.05, 0) is 57.2 Å². The van der Waals surface area contributed by atoms with Crippen LogP contribution >= 0.6 is 23.4 Å². The number of hydrogen-bond donors (Lipinski definition) is 2. The molecule has 2 rings (SSSR count). The second-order valence-electron chi connectivity index (χ2n) is 5.16. The van der Waals surface area contributed by atoms with Gasteiger partial charge in [-0.25, -0.2) is 0 Å². The Labute approximate surface area is 129 Å². The monoisotopic (exact) mass is 312 g/mol. The van der Waals surface area contributed by atoms with Gasteiger partial charge >= 0.3 is 0 Å². The Morgan fingerprint density at radius 2 is 1.90 bits per heavy atom. The molecule has 0 aromatic heterocycles. The van der Waals surface area contributed by atoms with E-state index >= 15 is 0 Å². The molecule has 1 amide bonds. The van der Waals surface area contributed by atoms with E-state index in [0.717, 1.165) is 30.6 Å². The first-order valence-corrected chi connectivity index (χ1v) is 8.56. The van der Waals surface area contributed by atoms with E-state index in [4.69, 9.17) is 11.6 Å². The van der Waals surface area contributed by atoms with Crippen LogP contribution in [0.5, 0.6) is 0 Å². The van der Waals surface area contributed by atoms with Crippen molar-refractivity contribution in [1.82, 2.24) is 10.6 Å². The highest BCUT2D eigenvalue weighted by Gasteiger charge is 2.22. The highest BCUT2D eigenvalue weighted by molar-refractivity contribution is 7.98. The largest absolute Gasteiger partial charge is 0.349 e. The fourth-order valence-corrected chi connectivity index (χ4v) is 3.24. The lowest BCUT2D eigenvalue weighted by molar-refractivity contribution is 0.0924. The third-order valence-electron chi connectivity index (χ3n) is 3.89. The topological polar surface area (TPSA) is 41.1 Å². The number of amides is 1. The second-order valence-corrected chi connectivity index (χ2v) is 6.44. The molecule has 3 nitrogen and oxygen atoms in total. The van der Waals surface area contributed by atoms with Crippen LogP contribution in [-0.2, 0) is 0 Å². The predicted molar refractivity (Wildman–Crippen MR) is 85.8 cm³/mol. The van der Waals surface area contributed by atoms with Gasteiger partial charge in [-0.3, -0.25) is 4.79 Å². The summed E-state index contributed by atoms with van der Waals surface area (Å²) in [6, 6.07) is 6.44. The third kappa shape index (κ3) is 3.90. The Bertz CT molecular complexity index is 473. The van der Waals surface area contributed by atoms with Gasteiger partial charge in [-0.15, -0.1) is 11.8 Å². The zero-order valence-electron chi connectivity index (χ0n) is 11.9. The third-order valence-corrected chi connectivity index (χ3v) is 4.94. The molecule has 0 aliphatic heterocycles.